The summed E-state index contributed by atoms with van der Waals surface area (Å²) < 4.78 is 42.2. The molecule has 1 aliphatic carbocycles. The molecule has 1 atom stereocenters. The van der Waals surface area contributed by atoms with E-state index in [9.17, 15) is 18.4 Å². The lowest BCUT2D eigenvalue weighted by Crippen LogP contribution is -2.27. The number of pyridine rings is 1. The van der Waals surface area contributed by atoms with Crippen LogP contribution in [0.25, 0.3) is 16.3 Å². The van der Waals surface area contributed by atoms with Gasteiger partial charge in [0.15, 0.2) is 5.82 Å². The summed E-state index contributed by atoms with van der Waals surface area (Å²) in [5.74, 6) is -2.00. The quantitative estimate of drug-likeness (QED) is 0.0841. The number of nitrogens with one attached hydrogen (secondary N) is 1. The van der Waals surface area contributed by atoms with Crippen LogP contribution < -0.4 is 16.8 Å². The van der Waals surface area contributed by atoms with E-state index in [1.54, 1.807) is 42.7 Å². The minimum atomic E-state index is -0.891. The maximum atomic E-state index is 14.4. The van der Waals surface area contributed by atoms with Crippen molar-refractivity contribution in [2.75, 3.05) is 20.0 Å². The number of rotatable bonds is 10. The van der Waals surface area contributed by atoms with E-state index in [-0.39, 0.29) is 48.4 Å². The number of aliphatic hydroxyl groups excluding tert-OH is 1. The molecule has 1 unspecified atom stereocenters. The molecular weight excluding hydrogens is 667 g/mol. The van der Waals surface area contributed by atoms with Gasteiger partial charge >= 0.3 is 0 Å². The lowest BCUT2D eigenvalue weighted by molar-refractivity contribution is -0.109. The minimum absolute atomic E-state index is 0.0278. The SMILES string of the molecule is CC(C)C(N)C=O.CCO.COCn1cc(-c2nc(C(=O)N/C(C=NC3CCCCC3)=C(/N)c3nc(F)ccc3F)cs2)cn1.CSO. The normalized spacial score (nSPS) is 14.1. The average Bonchev–Trinajstić information content (AvgIpc) is 3.75. The molecule has 1 aliphatic rings. The van der Waals surface area contributed by atoms with Gasteiger partial charge in [0.2, 0.25) is 5.95 Å². The Hall–Kier alpha value is -3.61. The number of carbonyl (C=O) groups is 2. The van der Waals surface area contributed by atoms with Gasteiger partial charge in [0.05, 0.1) is 29.7 Å². The standard InChI is InChI=1S/C23H25F2N7O2S.C5H11NO.C2H6O.CH4OS/c1-34-13-32-11-14(9-28-32)23-30-18(12-35-23)22(33)29-17(10-27-15-5-3-2-4-6-15)20(26)21-16(24)7-8-19(25)31-21;1-4(2)5(6)3-7;1-2-3;1-3-2/h7-12,15H,2-6,13,26H2,1H3,(H,29,33);3-5H,6H2,1-2H3;3H,2H2,1H3;2H,1H3/b20-17+,27-10?;;;. The largest absolute Gasteiger partial charge is 0.397 e. The van der Waals surface area contributed by atoms with Crippen LogP contribution in [0.5, 0.6) is 0 Å². The van der Waals surface area contributed by atoms with Gasteiger partial charge in [0.25, 0.3) is 5.91 Å². The molecule has 0 aromatic carbocycles. The van der Waals surface area contributed by atoms with Crippen LogP contribution >= 0.6 is 23.4 Å². The zero-order valence-corrected chi connectivity index (χ0v) is 29.4. The fraction of sp³-hybridized carbons (Fsp3) is 0.484. The number of ether oxygens (including phenoxy) is 1. The first kappa shape index (κ1) is 42.4. The monoisotopic (exact) mass is 712 g/mol. The smallest absolute Gasteiger partial charge is 0.275 e. The van der Waals surface area contributed by atoms with Crippen LogP contribution in [0.2, 0.25) is 0 Å². The van der Waals surface area contributed by atoms with Gasteiger partial charge < -0.3 is 36.0 Å². The van der Waals surface area contributed by atoms with Gasteiger partial charge in [-0.1, -0.05) is 33.1 Å². The number of hydrogen-bond donors (Lipinski definition) is 5. The summed E-state index contributed by atoms with van der Waals surface area (Å²) >= 11 is 2.02. The molecule has 3 aromatic rings. The number of carbonyl (C=O) groups excluding carboxylic acids is 2. The van der Waals surface area contributed by atoms with Crippen LogP contribution in [0, 0.1) is 17.7 Å². The Morgan fingerprint density at radius 2 is 1.92 bits per heavy atom. The average molecular weight is 713 g/mol. The second-order valence-electron chi connectivity index (χ2n) is 10.5. The third-order valence-corrected chi connectivity index (χ3v) is 7.29. The second-order valence-corrected chi connectivity index (χ2v) is 11.7. The Morgan fingerprint density at radius 3 is 2.48 bits per heavy atom. The first-order valence-corrected chi connectivity index (χ1v) is 17.1. The molecule has 3 heterocycles. The van der Waals surface area contributed by atoms with Crippen molar-refractivity contribution in [1.82, 2.24) is 25.1 Å². The molecule has 0 bridgehead atoms. The number of hydrogen-bond acceptors (Lipinski definition) is 13. The highest BCUT2D eigenvalue weighted by Crippen LogP contribution is 2.24. The highest BCUT2D eigenvalue weighted by atomic mass is 32.2. The molecule has 0 aliphatic heterocycles. The van der Waals surface area contributed by atoms with Crippen molar-refractivity contribution in [2.45, 2.75) is 71.7 Å². The summed E-state index contributed by atoms with van der Waals surface area (Å²) in [4.78, 5) is 35.3. The Morgan fingerprint density at radius 1 is 1.27 bits per heavy atom. The number of aromatic nitrogens is 4. The zero-order chi connectivity index (χ0) is 36.1. The number of aliphatic imine (C=N–C) groups is 1. The number of allylic oxidation sites excluding steroid dienone is 1. The molecule has 48 heavy (non-hydrogen) atoms. The van der Waals surface area contributed by atoms with Gasteiger partial charge in [-0.2, -0.15) is 9.49 Å². The molecular formula is C31H46F2N8O5S2. The first-order chi connectivity index (χ1) is 22.9. The van der Waals surface area contributed by atoms with Crippen molar-refractivity contribution in [1.29, 1.82) is 0 Å². The molecule has 7 N–H and O–H groups in total. The summed E-state index contributed by atoms with van der Waals surface area (Å²) in [6, 6.07) is 1.62. The highest BCUT2D eigenvalue weighted by Gasteiger charge is 2.19. The van der Waals surface area contributed by atoms with Crippen LogP contribution in [-0.2, 0) is 16.3 Å². The van der Waals surface area contributed by atoms with E-state index in [4.69, 9.17) is 25.9 Å². The molecule has 3 aromatic heterocycles. The van der Waals surface area contributed by atoms with Crippen LogP contribution in [0.4, 0.5) is 8.78 Å². The predicted molar refractivity (Wildman–Crippen MR) is 186 cm³/mol. The number of thiazole rings is 1. The summed E-state index contributed by atoms with van der Waals surface area (Å²) in [5.41, 5.74) is 11.6. The van der Waals surface area contributed by atoms with Crippen molar-refractivity contribution in [3.63, 3.8) is 0 Å². The Labute approximate surface area is 288 Å². The molecule has 1 fully saturated rings. The van der Waals surface area contributed by atoms with Crippen LogP contribution in [-0.4, -0.2) is 79.9 Å². The van der Waals surface area contributed by atoms with Gasteiger partial charge in [0, 0.05) is 43.3 Å². The maximum Gasteiger partial charge on any atom is 0.275 e. The van der Waals surface area contributed by atoms with Crippen LogP contribution in [0.1, 0.15) is 69.1 Å². The summed E-state index contributed by atoms with van der Waals surface area (Å²) in [6.07, 6.45) is 12.2. The van der Waals surface area contributed by atoms with Gasteiger partial charge in [-0.15, -0.1) is 11.3 Å². The predicted octanol–water partition coefficient (Wildman–Crippen LogP) is 4.73. The fourth-order valence-corrected chi connectivity index (χ4v) is 4.62. The van der Waals surface area contributed by atoms with E-state index < -0.39 is 23.4 Å². The van der Waals surface area contributed by atoms with Crippen molar-refractivity contribution >= 4 is 47.5 Å². The number of nitrogens with two attached hydrogens (primary N) is 2. The van der Waals surface area contributed by atoms with Gasteiger partial charge in [0.1, 0.15) is 29.4 Å². The molecule has 1 saturated carbocycles. The van der Waals surface area contributed by atoms with Crippen molar-refractivity contribution in [3.8, 4) is 10.6 Å². The summed E-state index contributed by atoms with van der Waals surface area (Å²) in [6.45, 7) is 6.05. The van der Waals surface area contributed by atoms with E-state index >= 15 is 0 Å². The second kappa shape index (κ2) is 23.7. The summed E-state index contributed by atoms with van der Waals surface area (Å²) in [7, 11) is 1.56. The number of nitrogens with zero attached hydrogens (tertiary/aromatic N) is 5. The van der Waals surface area contributed by atoms with Gasteiger partial charge in [-0.3, -0.25) is 9.79 Å². The lowest BCUT2D eigenvalue weighted by Gasteiger charge is -2.18. The van der Waals surface area contributed by atoms with E-state index in [0.717, 1.165) is 68.1 Å². The lowest BCUT2D eigenvalue weighted by atomic mass is 9.96. The molecule has 266 valence electrons. The molecule has 1 amide bonds. The number of aliphatic hydroxyl groups is 1. The molecule has 0 spiro atoms. The van der Waals surface area contributed by atoms with Gasteiger partial charge in [-0.05, 0) is 49.9 Å². The van der Waals surface area contributed by atoms with E-state index in [1.807, 2.05) is 13.8 Å². The third kappa shape index (κ3) is 15.1. The fourth-order valence-electron chi connectivity index (χ4n) is 3.84. The van der Waals surface area contributed by atoms with Crippen LogP contribution in [0.15, 0.2) is 40.6 Å². The van der Waals surface area contributed by atoms with Crippen molar-refractivity contribution < 1.29 is 32.8 Å². The Bertz CT molecular complexity index is 1440. The number of aldehydes is 1. The third-order valence-electron chi connectivity index (χ3n) is 6.40. The van der Waals surface area contributed by atoms with Crippen LogP contribution in [0.3, 0.4) is 0 Å². The molecule has 0 radical (unpaired) electrons. The van der Waals surface area contributed by atoms with Crippen molar-refractivity contribution in [2.24, 2.45) is 22.4 Å². The number of methoxy groups -OCH3 is 1. The Kier molecular flexibility index (Phi) is 20.9. The number of halogens is 2. The van der Waals surface area contributed by atoms with E-state index in [0.29, 0.717) is 5.01 Å². The minimum Gasteiger partial charge on any atom is -0.397 e. The molecule has 17 heteroatoms. The topological polar surface area (TPSA) is 204 Å². The summed E-state index contributed by atoms with van der Waals surface area (Å²) in [5, 5.41) is 16.6. The van der Waals surface area contributed by atoms with E-state index in [2.05, 4.69) is 25.4 Å². The first-order valence-electron chi connectivity index (χ1n) is 15.1. The zero-order valence-electron chi connectivity index (χ0n) is 27.8. The molecule has 0 saturated heterocycles. The number of amides is 1. The Balaban J connectivity index is 0.000000758. The van der Waals surface area contributed by atoms with E-state index in [1.165, 1.54) is 17.6 Å². The highest BCUT2D eigenvalue weighted by molar-refractivity contribution is 7.93. The molecule has 13 nitrogen and oxygen atoms in total. The maximum absolute atomic E-state index is 14.4. The van der Waals surface area contributed by atoms with Crippen molar-refractivity contribution in [3.05, 3.63) is 58.8 Å². The van der Waals surface area contributed by atoms with Gasteiger partial charge in [-0.25, -0.2) is 19.0 Å². The molecule has 4 rings (SSSR count).